The van der Waals surface area contributed by atoms with Crippen LogP contribution in [0.5, 0.6) is 0 Å². The Morgan fingerprint density at radius 3 is 2.65 bits per heavy atom. The van der Waals surface area contributed by atoms with E-state index in [1.165, 1.54) is 0 Å². The van der Waals surface area contributed by atoms with E-state index >= 15 is 0 Å². The van der Waals surface area contributed by atoms with Crippen molar-refractivity contribution in [3.63, 3.8) is 0 Å². The topological polar surface area (TPSA) is 85.1 Å². The number of aromatic nitrogens is 1. The third-order valence-electron chi connectivity index (χ3n) is 3.55. The molecule has 4 rings (SSSR count). The quantitative estimate of drug-likeness (QED) is 0.724. The van der Waals surface area contributed by atoms with Gasteiger partial charge in [0.2, 0.25) is 11.8 Å². The Kier molecular flexibility index (Phi) is 4.01. The van der Waals surface area contributed by atoms with Crippen LogP contribution < -0.4 is 11.1 Å². The van der Waals surface area contributed by atoms with E-state index in [0.29, 0.717) is 12.0 Å². The zero-order valence-corrected chi connectivity index (χ0v) is 12.3. The molecule has 0 unspecified atom stereocenters. The van der Waals surface area contributed by atoms with Gasteiger partial charge in [0.1, 0.15) is 0 Å². The van der Waals surface area contributed by atoms with Gasteiger partial charge in [-0.05, 0) is 29.8 Å². The number of carbonyl (C=O) groups is 2. The van der Waals surface area contributed by atoms with Crippen molar-refractivity contribution in [1.82, 2.24) is 4.98 Å². The Balaban J connectivity index is 0.000000140. The van der Waals surface area contributed by atoms with Gasteiger partial charge in [-0.15, -0.1) is 0 Å². The lowest BCUT2D eigenvalue weighted by Gasteiger charge is -2.00. The minimum atomic E-state index is -0.418. The Hall–Kier alpha value is -3.21. The fourth-order valence-corrected chi connectivity index (χ4v) is 2.48. The van der Waals surface area contributed by atoms with Crippen molar-refractivity contribution in [2.75, 3.05) is 5.32 Å². The maximum absolute atomic E-state index is 11.0. The van der Waals surface area contributed by atoms with Crippen molar-refractivity contribution in [2.45, 2.75) is 6.42 Å². The molecule has 1 aliphatic heterocycles. The summed E-state index contributed by atoms with van der Waals surface area (Å²) >= 11 is 0. The number of hydrogen-bond acceptors (Lipinski definition) is 3. The van der Waals surface area contributed by atoms with Crippen LogP contribution in [0, 0.1) is 0 Å². The number of hydrogen-bond donors (Lipinski definition) is 2. The number of pyridine rings is 1. The smallest absolute Gasteiger partial charge is 0.249 e. The average Bonchev–Trinajstić information content (AvgIpc) is 2.95. The van der Waals surface area contributed by atoms with Crippen molar-refractivity contribution >= 4 is 28.4 Å². The molecule has 0 radical (unpaired) electrons. The van der Waals surface area contributed by atoms with Crippen LogP contribution in [0.15, 0.2) is 60.8 Å². The number of nitrogens with two attached hydrogens (primary N) is 1. The second kappa shape index (κ2) is 6.27. The summed E-state index contributed by atoms with van der Waals surface area (Å²) in [6, 6.07) is 16.7. The molecule has 0 atom stereocenters. The highest BCUT2D eigenvalue weighted by Crippen LogP contribution is 2.21. The van der Waals surface area contributed by atoms with Gasteiger partial charge in [0.05, 0.1) is 11.9 Å². The largest absolute Gasteiger partial charge is 0.366 e. The number of fused-ring (bicyclic) bond motifs is 2. The molecule has 0 spiro atoms. The summed E-state index contributed by atoms with van der Waals surface area (Å²) in [5.74, 6) is -0.320. The molecule has 0 saturated carbocycles. The van der Waals surface area contributed by atoms with Crippen molar-refractivity contribution < 1.29 is 9.59 Å². The van der Waals surface area contributed by atoms with Gasteiger partial charge in [0.15, 0.2) is 0 Å². The van der Waals surface area contributed by atoms with Crippen LogP contribution in [0.4, 0.5) is 5.69 Å². The Labute approximate surface area is 133 Å². The Bertz CT molecular complexity index is 858. The lowest BCUT2D eigenvalue weighted by atomic mass is 10.1. The maximum atomic E-state index is 11.0. The van der Waals surface area contributed by atoms with Gasteiger partial charge in [-0.3, -0.25) is 14.6 Å². The molecule has 0 bridgehead atoms. The molecule has 0 saturated heterocycles. The van der Waals surface area contributed by atoms with Gasteiger partial charge in [-0.1, -0.05) is 30.3 Å². The highest BCUT2D eigenvalue weighted by molar-refractivity contribution is 6.05. The standard InChI is InChI=1S/C10H8N2O.C8H7NO/c11-10(13)8-3-1-5-9-7(8)4-2-6-12-9;10-8-5-6-3-1-2-4-7(6)9-8/h1-6H,(H2,11,13);1-4H,5H2,(H,9,10). The van der Waals surface area contributed by atoms with Crippen LogP contribution in [0.2, 0.25) is 0 Å². The molecule has 3 aromatic rings. The van der Waals surface area contributed by atoms with E-state index in [0.717, 1.165) is 22.2 Å². The van der Waals surface area contributed by atoms with Crippen molar-refractivity contribution in [3.8, 4) is 0 Å². The summed E-state index contributed by atoms with van der Waals surface area (Å²) in [4.78, 5) is 25.9. The molecule has 1 aromatic heterocycles. The fourth-order valence-electron chi connectivity index (χ4n) is 2.48. The molecular formula is C18H15N3O2. The van der Waals surface area contributed by atoms with Crippen molar-refractivity contribution in [2.24, 2.45) is 5.73 Å². The van der Waals surface area contributed by atoms with Gasteiger partial charge in [0.25, 0.3) is 0 Å². The molecule has 5 heteroatoms. The molecule has 2 amide bonds. The molecule has 114 valence electrons. The second-order valence-electron chi connectivity index (χ2n) is 5.12. The first-order valence-electron chi connectivity index (χ1n) is 7.16. The number of anilines is 1. The van der Waals surface area contributed by atoms with Crippen LogP contribution in [0.3, 0.4) is 0 Å². The molecule has 23 heavy (non-hydrogen) atoms. The third kappa shape index (κ3) is 3.18. The minimum Gasteiger partial charge on any atom is -0.366 e. The molecule has 0 fully saturated rings. The first-order chi connectivity index (χ1) is 11.1. The van der Waals surface area contributed by atoms with Crippen molar-refractivity contribution in [3.05, 3.63) is 71.9 Å². The number of rotatable bonds is 1. The van der Waals surface area contributed by atoms with Crippen LogP contribution >= 0.6 is 0 Å². The Morgan fingerprint density at radius 2 is 1.87 bits per heavy atom. The fraction of sp³-hybridized carbons (Fsp3) is 0.0556. The molecule has 1 aliphatic rings. The maximum Gasteiger partial charge on any atom is 0.249 e. The van der Waals surface area contributed by atoms with Gasteiger partial charge < -0.3 is 11.1 Å². The van der Waals surface area contributed by atoms with E-state index < -0.39 is 5.91 Å². The van der Waals surface area contributed by atoms with E-state index in [1.807, 2.05) is 36.4 Å². The van der Waals surface area contributed by atoms with E-state index in [2.05, 4.69) is 10.3 Å². The van der Waals surface area contributed by atoms with E-state index in [9.17, 15) is 9.59 Å². The lowest BCUT2D eigenvalue weighted by Crippen LogP contribution is -2.11. The van der Waals surface area contributed by atoms with Gasteiger partial charge in [0, 0.05) is 22.8 Å². The van der Waals surface area contributed by atoms with Gasteiger partial charge >= 0.3 is 0 Å². The highest BCUT2D eigenvalue weighted by Gasteiger charge is 2.15. The van der Waals surface area contributed by atoms with E-state index in [4.69, 9.17) is 5.73 Å². The number of amides is 2. The van der Waals surface area contributed by atoms with Crippen LogP contribution in [-0.2, 0) is 11.2 Å². The summed E-state index contributed by atoms with van der Waals surface area (Å²) in [5.41, 5.74) is 8.59. The number of carbonyl (C=O) groups excluding carboxylic acids is 2. The first kappa shape index (κ1) is 14.7. The van der Waals surface area contributed by atoms with E-state index in [-0.39, 0.29) is 5.91 Å². The molecule has 2 aromatic carbocycles. The minimum absolute atomic E-state index is 0.0983. The van der Waals surface area contributed by atoms with Crippen LogP contribution in [0.1, 0.15) is 15.9 Å². The summed E-state index contributed by atoms with van der Waals surface area (Å²) in [7, 11) is 0. The van der Waals surface area contributed by atoms with E-state index in [1.54, 1.807) is 24.4 Å². The predicted molar refractivity (Wildman–Crippen MR) is 89.0 cm³/mol. The number of nitrogens with one attached hydrogen (secondary N) is 1. The summed E-state index contributed by atoms with van der Waals surface area (Å²) < 4.78 is 0. The Morgan fingerprint density at radius 1 is 1.04 bits per heavy atom. The zero-order valence-electron chi connectivity index (χ0n) is 12.3. The average molecular weight is 305 g/mol. The van der Waals surface area contributed by atoms with Crippen molar-refractivity contribution in [1.29, 1.82) is 0 Å². The molecular weight excluding hydrogens is 290 g/mol. The number of para-hydroxylation sites is 1. The van der Waals surface area contributed by atoms with Gasteiger partial charge in [-0.2, -0.15) is 0 Å². The third-order valence-corrected chi connectivity index (χ3v) is 3.55. The second-order valence-corrected chi connectivity index (χ2v) is 5.12. The number of primary amides is 1. The summed E-state index contributed by atoms with van der Waals surface area (Å²) in [6.45, 7) is 0. The van der Waals surface area contributed by atoms with Crippen LogP contribution in [0.25, 0.3) is 10.9 Å². The molecule has 2 heterocycles. The van der Waals surface area contributed by atoms with Gasteiger partial charge in [-0.25, -0.2) is 0 Å². The molecule has 5 nitrogen and oxygen atoms in total. The normalized spacial score (nSPS) is 12.1. The monoisotopic (exact) mass is 305 g/mol. The van der Waals surface area contributed by atoms with Crippen LogP contribution in [-0.4, -0.2) is 16.8 Å². The summed E-state index contributed by atoms with van der Waals surface area (Å²) in [6.07, 6.45) is 2.23. The number of nitrogens with zero attached hydrogens (tertiary/aromatic N) is 1. The highest BCUT2D eigenvalue weighted by atomic mass is 16.2. The molecule has 3 N–H and O–H groups in total. The SMILES string of the molecule is NC(=O)c1cccc2ncccc12.O=C1Cc2ccccc2N1. The first-order valence-corrected chi connectivity index (χ1v) is 7.16. The summed E-state index contributed by atoms with van der Waals surface area (Å²) in [5, 5.41) is 3.56. The predicted octanol–water partition coefficient (Wildman–Crippen LogP) is 2.51. The number of benzene rings is 2. The molecule has 0 aliphatic carbocycles. The lowest BCUT2D eigenvalue weighted by molar-refractivity contribution is -0.115. The zero-order chi connectivity index (χ0) is 16.2.